The average molecular weight is 535 g/mol. The second-order valence-electron chi connectivity index (χ2n) is 10.4. The zero-order valence-electron chi connectivity index (χ0n) is 22.6. The number of aryl methyl sites for hydroxylation is 1. The highest BCUT2D eigenvalue weighted by molar-refractivity contribution is 5.90. The second-order valence-corrected chi connectivity index (χ2v) is 10.4. The maximum Gasteiger partial charge on any atom is 0.244 e. The lowest BCUT2D eigenvalue weighted by atomic mass is 9.93. The van der Waals surface area contributed by atoms with Crippen LogP contribution in [0.15, 0.2) is 12.3 Å². The Balaban J connectivity index is 1.86. The third-order valence-electron chi connectivity index (χ3n) is 7.82. The maximum absolute atomic E-state index is 13.7. The minimum Gasteiger partial charge on any atom is -0.548 e. The van der Waals surface area contributed by atoms with Gasteiger partial charge in [-0.2, -0.15) is 0 Å². The summed E-state index contributed by atoms with van der Waals surface area (Å²) < 4.78 is 3.59. The van der Waals surface area contributed by atoms with Crippen molar-refractivity contribution < 1.29 is 34.2 Å². The molecule has 1 saturated heterocycles. The Morgan fingerprint density at radius 3 is 2.61 bits per heavy atom. The predicted molar refractivity (Wildman–Crippen MR) is 134 cm³/mol. The highest BCUT2D eigenvalue weighted by atomic mass is 16.5. The molecule has 0 spiro atoms. The van der Waals surface area contributed by atoms with Crippen molar-refractivity contribution in [3.63, 3.8) is 0 Å². The minimum absolute atomic E-state index is 0.00543. The summed E-state index contributed by atoms with van der Waals surface area (Å²) in [5.74, 6) is -3.16. The third kappa shape index (κ3) is 6.71. The number of amides is 3. The monoisotopic (exact) mass is 534 g/mol. The van der Waals surface area contributed by atoms with E-state index < -0.39 is 35.9 Å². The van der Waals surface area contributed by atoms with Crippen LogP contribution in [0.1, 0.15) is 96.3 Å². The standard InChI is InChI=1S/C26H42N6O6/c1-4-6-9-18(16-22(33)29-38)25(35)31-20(10-7-13-27-31)24(34)28-23(17(3)5-2)19-12-15-30-14-8-11-21(26(36)37)32(19)30/h12,15,17-18,20-21,23,27H,4-11,13-14,16H2,1-3H3,(H3-,28,29,33,34,36,37,38)/t17-,18+,20-,21?,23-/m0/s1. The number of hydroxylamine groups is 1. The quantitative estimate of drug-likeness (QED) is 0.170. The first-order valence-corrected chi connectivity index (χ1v) is 13.8. The van der Waals surface area contributed by atoms with Crippen molar-refractivity contribution in [1.29, 1.82) is 0 Å². The van der Waals surface area contributed by atoms with Gasteiger partial charge in [0.25, 0.3) is 0 Å². The number of nitrogens with zero attached hydrogens (tertiary/aromatic N) is 3. The molecule has 0 saturated carbocycles. The summed E-state index contributed by atoms with van der Waals surface area (Å²) in [6, 6.07) is -0.217. The van der Waals surface area contributed by atoms with Crippen molar-refractivity contribution in [2.24, 2.45) is 11.8 Å². The summed E-state index contributed by atoms with van der Waals surface area (Å²) in [6.07, 6.45) is 6.77. The molecular weight excluding hydrogens is 492 g/mol. The van der Waals surface area contributed by atoms with E-state index in [4.69, 9.17) is 5.21 Å². The Labute approximate surface area is 223 Å². The molecule has 1 fully saturated rings. The van der Waals surface area contributed by atoms with E-state index in [0.717, 1.165) is 25.7 Å². The van der Waals surface area contributed by atoms with Gasteiger partial charge in [-0.3, -0.25) is 24.6 Å². The number of hydrogen-bond acceptors (Lipinski definition) is 7. The largest absolute Gasteiger partial charge is 0.548 e. The Morgan fingerprint density at radius 2 is 1.95 bits per heavy atom. The Hall–Kier alpha value is -2.99. The number of fused-ring (bicyclic) bond motifs is 1. The fourth-order valence-electron chi connectivity index (χ4n) is 5.47. The van der Waals surface area contributed by atoms with Gasteiger partial charge in [0, 0.05) is 31.4 Å². The topological polar surface area (TPSA) is 160 Å². The number of aromatic nitrogens is 2. The number of carbonyl (C=O) groups excluding carboxylic acids is 4. The molecule has 12 heteroatoms. The fraction of sp³-hybridized carbons (Fsp3) is 0.731. The van der Waals surface area contributed by atoms with Crippen LogP contribution in [0.2, 0.25) is 0 Å². The molecule has 3 amide bonds. The van der Waals surface area contributed by atoms with Crippen molar-refractivity contribution >= 4 is 23.7 Å². The highest BCUT2D eigenvalue weighted by Crippen LogP contribution is 2.29. The Bertz CT molecular complexity index is 997. The summed E-state index contributed by atoms with van der Waals surface area (Å²) in [5, 5.41) is 25.4. The van der Waals surface area contributed by atoms with E-state index in [-0.39, 0.29) is 24.2 Å². The molecule has 0 radical (unpaired) electrons. The van der Waals surface area contributed by atoms with Crippen molar-refractivity contribution in [2.75, 3.05) is 6.54 Å². The van der Waals surface area contributed by atoms with Crippen LogP contribution in [0.25, 0.3) is 0 Å². The van der Waals surface area contributed by atoms with E-state index in [1.807, 2.05) is 37.7 Å². The van der Waals surface area contributed by atoms with Gasteiger partial charge in [-0.25, -0.2) is 10.9 Å². The zero-order valence-corrected chi connectivity index (χ0v) is 22.6. The maximum atomic E-state index is 13.7. The number of carboxylic acids is 1. The summed E-state index contributed by atoms with van der Waals surface area (Å²) in [4.78, 5) is 51.1. The highest BCUT2D eigenvalue weighted by Gasteiger charge is 2.39. The molecular formula is C26H42N6O6. The Kier molecular flexibility index (Phi) is 10.7. The van der Waals surface area contributed by atoms with Crippen LogP contribution in [0.5, 0.6) is 0 Å². The fourth-order valence-corrected chi connectivity index (χ4v) is 5.47. The lowest BCUT2D eigenvalue weighted by molar-refractivity contribution is -0.784. The van der Waals surface area contributed by atoms with Gasteiger partial charge in [0.15, 0.2) is 12.7 Å². The third-order valence-corrected chi connectivity index (χ3v) is 7.82. The number of rotatable bonds is 12. The van der Waals surface area contributed by atoms with Crippen LogP contribution >= 0.6 is 0 Å². The second kappa shape index (κ2) is 13.7. The number of nitrogens with one attached hydrogen (secondary N) is 3. The molecule has 5 atom stereocenters. The number of hydrazine groups is 1. The van der Waals surface area contributed by atoms with E-state index in [9.17, 15) is 24.3 Å². The average Bonchev–Trinajstić information content (AvgIpc) is 3.36. The molecule has 4 N–H and O–H groups in total. The summed E-state index contributed by atoms with van der Waals surface area (Å²) in [5.41, 5.74) is 5.35. The van der Waals surface area contributed by atoms with Gasteiger partial charge in [0.1, 0.15) is 17.8 Å². The van der Waals surface area contributed by atoms with Gasteiger partial charge in [-0.15, -0.1) is 9.36 Å². The van der Waals surface area contributed by atoms with Gasteiger partial charge >= 0.3 is 0 Å². The van der Waals surface area contributed by atoms with Gasteiger partial charge in [-0.1, -0.05) is 40.0 Å². The van der Waals surface area contributed by atoms with Crippen molar-refractivity contribution in [3.05, 3.63) is 18.0 Å². The first-order chi connectivity index (χ1) is 18.2. The van der Waals surface area contributed by atoms with E-state index >= 15 is 0 Å². The summed E-state index contributed by atoms with van der Waals surface area (Å²) >= 11 is 0. The minimum atomic E-state index is -1.15. The van der Waals surface area contributed by atoms with Crippen molar-refractivity contribution in [3.8, 4) is 0 Å². The lowest BCUT2D eigenvalue weighted by Crippen LogP contribution is -2.60. The van der Waals surface area contributed by atoms with Crippen LogP contribution in [-0.4, -0.2) is 51.2 Å². The molecule has 1 aromatic rings. The molecule has 3 heterocycles. The number of carboxylic acid groups (broad SMARTS) is 1. The summed E-state index contributed by atoms with van der Waals surface area (Å²) in [6.45, 7) is 7.20. The number of unbranched alkanes of at least 4 members (excludes halogenated alkanes) is 1. The van der Waals surface area contributed by atoms with Crippen LogP contribution in [0.3, 0.4) is 0 Å². The van der Waals surface area contributed by atoms with Crippen LogP contribution < -0.4 is 26.0 Å². The molecule has 3 rings (SSSR count). The zero-order chi connectivity index (χ0) is 27.8. The molecule has 0 aliphatic carbocycles. The Morgan fingerprint density at radius 1 is 1.21 bits per heavy atom. The molecule has 12 nitrogen and oxygen atoms in total. The van der Waals surface area contributed by atoms with Crippen molar-refractivity contribution in [2.45, 2.75) is 103 Å². The number of aliphatic carboxylic acids is 1. The molecule has 38 heavy (non-hydrogen) atoms. The predicted octanol–water partition coefficient (Wildman–Crippen LogP) is 0.261. The van der Waals surface area contributed by atoms with Crippen LogP contribution in [0, 0.1) is 11.8 Å². The lowest BCUT2D eigenvalue weighted by Gasteiger charge is -2.38. The van der Waals surface area contributed by atoms with Gasteiger partial charge in [-0.05, 0) is 31.6 Å². The first-order valence-electron chi connectivity index (χ1n) is 13.8. The molecule has 2 aliphatic rings. The molecule has 212 valence electrons. The molecule has 0 bridgehead atoms. The van der Waals surface area contributed by atoms with Gasteiger partial charge in [0.2, 0.25) is 17.7 Å². The van der Waals surface area contributed by atoms with Crippen LogP contribution in [0.4, 0.5) is 0 Å². The smallest absolute Gasteiger partial charge is 0.244 e. The van der Waals surface area contributed by atoms with Crippen LogP contribution in [-0.2, 0) is 25.7 Å². The van der Waals surface area contributed by atoms with Gasteiger partial charge < -0.3 is 15.2 Å². The SMILES string of the molecule is CCCC[C@H](CC(=O)NO)C(=O)N1NCCC[C@H]1C(=O)N[C@H](c1cc[n+]2n1C(C(=O)[O-])CCC2)[C@@H](C)CC. The van der Waals surface area contributed by atoms with Crippen molar-refractivity contribution in [1.82, 2.24) is 25.9 Å². The van der Waals surface area contributed by atoms with Gasteiger partial charge in [0.05, 0.1) is 12.0 Å². The van der Waals surface area contributed by atoms with E-state index in [1.165, 1.54) is 5.01 Å². The number of carbonyl (C=O) groups is 4. The van der Waals surface area contributed by atoms with E-state index in [0.29, 0.717) is 44.5 Å². The molecule has 0 aromatic carbocycles. The first kappa shape index (κ1) is 29.6. The van der Waals surface area contributed by atoms with E-state index in [2.05, 4.69) is 10.7 Å². The summed E-state index contributed by atoms with van der Waals surface area (Å²) in [7, 11) is 0. The van der Waals surface area contributed by atoms with E-state index in [1.54, 1.807) is 10.2 Å². The molecule has 1 unspecified atom stereocenters. The molecule has 2 aliphatic heterocycles. The number of hydrogen-bond donors (Lipinski definition) is 4. The normalized spacial score (nSPS) is 21.6. The molecule has 1 aromatic heterocycles.